The van der Waals surface area contributed by atoms with Gasteiger partial charge in [0.1, 0.15) is 0 Å². The molecule has 5 nitrogen and oxygen atoms in total. The number of halogens is 1. The topological polar surface area (TPSA) is 49.8 Å². The van der Waals surface area contributed by atoms with Crippen molar-refractivity contribution in [3.63, 3.8) is 0 Å². The van der Waals surface area contributed by atoms with Crippen molar-refractivity contribution in [3.05, 3.63) is 30.1 Å². The molecule has 1 aromatic rings. The summed E-state index contributed by atoms with van der Waals surface area (Å²) < 4.78 is 5.26. The van der Waals surface area contributed by atoms with E-state index < -0.39 is 0 Å². The highest BCUT2D eigenvalue weighted by Crippen LogP contribution is 2.16. The number of nitrogens with one attached hydrogen (secondary N) is 1. The number of ether oxygens (including phenoxy) is 1. The van der Waals surface area contributed by atoms with Gasteiger partial charge in [0, 0.05) is 57.5 Å². The van der Waals surface area contributed by atoms with Gasteiger partial charge < -0.3 is 15.0 Å². The molecule has 2 heterocycles. The van der Waals surface area contributed by atoms with Crippen molar-refractivity contribution >= 4 is 29.9 Å². The Hall–Kier alpha value is -0.890. The molecule has 22 heavy (non-hydrogen) atoms. The lowest BCUT2D eigenvalue weighted by Crippen LogP contribution is -2.40. The fourth-order valence-electron chi connectivity index (χ4n) is 2.64. The number of hydrogen-bond acceptors (Lipinski definition) is 3. The summed E-state index contributed by atoms with van der Waals surface area (Å²) in [5, 5.41) is 3.39. The van der Waals surface area contributed by atoms with Gasteiger partial charge in [0.2, 0.25) is 0 Å². The molecule has 1 fully saturated rings. The Bertz CT molecular complexity index is 441. The minimum Gasteiger partial charge on any atom is -0.384 e. The molecule has 1 aliphatic heterocycles. The smallest absolute Gasteiger partial charge is 0.193 e. The zero-order chi connectivity index (χ0) is 14.9. The van der Waals surface area contributed by atoms with Crippen molar-refractivity contribution in [2.45, 2.75) is 19.8 Å². The zero-order valence-electron chi connectivity index (χ0n) is 13.5. The summed E-state index contributed by atoms with van der Waals surface area (Å²) in [7, 11) is 1.77. The Balaban J connectivity index is 0.00000242. The Morgan fingerprint density at radius 1 is 1.50 bits per heavy atom. The van der Waals surface area contributed by atoms with Crippen LogP contribution in [-0.2, 0) is 11.2 Å². The summed E-state index contributed by atoms with van der Waals surface area (Å²) in [6.07, 6.45) is 3.89. The summed E-state index contributed by atoms with van der Waals surface area (Å²) in [5.41, 5.74) is 1.09. The summed E-state index contributed by atoms with van der Waals surface area (Å²) >= 11 is 0. The SMILES string of the molecule is CCNC(=NCCc1ccccn1)N1CCC(COC)C1.I. The third-order valence-electron chi connectivity index (χ3n) is 3.68. The van der Waals surface area contributed by atoms with Crippen LogP contribution in [0, 0.1) is 5.92 Å². The quantitative estimate of drug-likeness (QED) is 0.437. The Labute approximate surface area is 150 Å². The standard InChI is InChI=1S/C16H26N4O.HI/c1-3-17-16(20-11-8-14(12-20)13-21-2)19-10-7-15-6-4-5-9-18-15;/h4-6,9,14H,3,7-8,10-13H2,1-2H3,(H,17,19);1H. The van der Waals surface area contributed by atoms with Gasteiger partial charge in [-0.25, -0.2) is 0 Å². The van der Waals surface area contributed by atoms with E-state index in [-0.39, 0.29) is 24.0 Å². The number of rotatable bonds is 6. The lowest BCUT2D eigenvalue weighted by molar-refractivity contribution is 0.157. The first kappa shape index (κ1) is 19.2. The molecule has 6 heteroatoms. The van der Waals surface area contributed by atoms with Crippen molar-refractivity contribution in [1.82, 2.24) is 15.2 Å². The maximum absolute atomic E-state index is 5.26. The van der Waals surface area contributed by atoms with E-state index in [0.29, 0.717) is 5.92 Å². The number of hydrogen-bond donors (Lipinski definition) is 1. The molecular formula is C16H27IN4O. The van der Waals surface area contributed by atoms with E-state index in [4.69, 9.17) is 9.73 Å². The zero-order valence-corrected chi connectivity index (χ0v) is 15.8. The molecule has 0 radical (unpaired) electrons. The van der Waals surface area contributed by atoms with Gasteiger partial charge in [0.05, 0.1) is 6.61 Å². The van der Waals surface area contributed by atoms with Gasteiger partial charge >= 0.3 is 0 Å². The molecule has 0 aromatic carbocycles. The van der Waals surface area contributed by atoms with E-state index in [9.17, 15) is 0 Å². The molecule has 1 unspecified atom stereocenters. The van der Waals surface area contributed by atoms with E-state index in [0.717, 1.165) is 50.9 Å². The second-order valence-corrected chi connectivity index (χ2v) is 5.36. The van der Waals surface area contributed by atoms with Crippen LogP contribution in [0.3, 0.4) is 0 Å². The van der Waals surface area contributed by atoms with E-state index in [1.165, 1.54) is 6.42 Å². The van der Waals surface area contributed by atoms with Crippen LogP contribution in [0.25, 0.3) is 0 Å². The van der Waals surface area contributed by atoms with Crippen molar-refractivity contribution in [1.29, 1.82) is 0 Å². The molecule has 124 valence electrons. The fourth-order valence-corrected chi connectivity index (χ4v) is 2.64. The predicted molar refractivity (Wildman–Crippen MR) is 101 cm³/mol. The first-order valence-corrected chi connectivity index (χ1v) is 7.75. The molecular weight excluding hydrogens is 391 g/mol. The van der Waals surface area contributed by atoms with Gasteiger partial charge in [0.15, 0.2) is 5.96 Å². The summed E-state index contributed by atoms with van der Waals surface area (Å²) in [6.45, 7) is 6.70. The third-order valence-corrected chi connectivity index (χ3v) is 3.68. The highest BCUT2D eigenvalue weighted by molar-refractivity contribution is 14.0. The van der Waals surface area contributed by atoms with Crippen molar-refractivity contribution in [2.24, 2.45) is 10.9 Å². The van der Waals surface area contributed by atoms with Crippen LogP contribution in [0.1, 0.15) is 19.0 Å². The maximum atomic E-state index is 5.26. The molecule has 1 aliphatic rings. The van der Waals surface area contributed by atoms with Crippen LogP contribution in [0.4, 0.5) is 0 Å². The van der Waals surface area contributed by atoms with Crippen LogP contribution in [0.5, 0.6) is 0 Å². The third kappa shape index (κ3) is 6.08. The minimum atomic E-state index is 0. The molecule has 0 aliphatic carbocycles. The first-order chi connectivity index (χ1) is 10.3. The second kappa shape index (κ2) is 10.8. The maximum Gasteiger partial charge on any atom is 0.193 e. The van der Waals surface area contributed by atoms with Crippen molar-refractivity contribution in [3.8, 4) is 0 Å². The van der Waals surface area contributed by atoms with Crippen molar-refractivity contribution in [2.75, 3.05) is 39.9 Å². The van der Waals surface area contributed by atoms with E-state index in [2.05, 4.69) is 22.1 Å². The number of nitrogens with zero attached hydrogens (tertiary/aromatic N) is 3. The number of aromatic nitrogens is 1. The lowest BCUT2D eigenvalue weighted by Gasteiger charge is -2.21. The van der Waals surface area contributed by atoms with Crippen LogP contribution < -0.4 is 5.32 Å². The van der Waals surface area contributed by atoms with E-state index in [1.807, 2.05) is 24.4 Å². The average Bonchev–Trinajstić information content (AvgIpc) is 2.96. The fraction of sp³-hybridized carbons (Fsp3) is 0.625. The van der Waals surface area contributed by atoms with Crippen LogP contribution in [-0.4, -0.2) is 55.7 Å². The van der Waals surface area contributed by atoms with Gasteiger partial charge in [-0.2, -0.15) is 0 Å². The van der Waals surface area contributed by atoms with Gasteiger partial charge in [-0.05, 0) is 25.5 Å². The monoisotopic (exact) mass is 418 g/mol. The number of likely N-dealkylation sites (tertiary alicyclic amines) is 1. The van der Waals surface area contributed by atoms with Gasteiger partial charge in [-0.3, -0.25) is 9.98 Å². The number of guanidine groups is 1. The molecule has 2 rings (SSSR count). The normalized spacial score (nSPS) is 18.2. The summed E-state index contributed by atoms with van der Waals surface area (Å²) in [4.78, 5) is 11.4. The molecule has 0 bridgehead atoms. The van der Waals surface area contributed by atoms with Gasteiger partial charge in [-0.15, -0.1) is 24.0 Å². The molecule has 0 spiro atoms. The second-order valence-electron chi connectivity index (χ2n) is 5.36. The van der Waals surface area contributed by atoms with Crippen LogP contribution >= 0.6 is 24.0 Å². The Morgan fingerprint density at radius 3 is 3.05 bits per heavy atom. The van der Waals surface area contributed by atoms with Gasteiger partial charge in [-0.1, -0.05) is 6.07 Å². The summed E-state index contributed by atoms with van der Waals surface area (Å²) in [6, 6.07) is 6.01. The largest absolute Gasteiger partial charge is 0.384 e. The van der Waals surface area contributed by atoms with E-state index >= 15 is 0 Å². The minimum absolute atomic E-state index is 0. The Kier molecular flexibility index (Phi) is 9.38. The van der Waals surface area contributed by atoms with Crippen molar-refractivity contribution < 1.29 is 4.74 Å². The average molecular weight is 418 g/mol. The lowest BCUT2D eigenvalue weighted by atomic mass is 10.1. The molecule has 0 amide bonds. The number of aliphatic imine (C=N–C) groups is 1. The number of methoxy groups -OCH3 is 1. The molecule has 1 saturated heterocycles. The van der Waals surface area contributed by atoms with Crippen LogP contribution in [0.15, 0.2) is 29.4 Å². The Morgan fingerprint density at radius 2 is 2.36 bits per heavy atom. The highest BCUT2D eigenvalue weighted by Gasteiger charge is 2.24. The van der Waals surface area contributed by atoms with Gasteiger partial charge in [0.25, 0.3) is 0 Å². The molecule has 1 atom stereocenters. The number of pyridine rings is 1. The molecule has 1 N–H and O–H groups in total. The molecule has 0 saturated carbocycles. The summed E-state index contributed by atoms with van der Waals surface area (Å²) in [5.74, 6) is 1.64. The van der Waals surface area contributed by atoms with Crippen LogP contribution in [0.2, 0.25) is 0 Å². The molecule has 1 aromatic heterocycles. The highest BCUT2D eigenvalue weighted by atomic mass is 127. The predicted octanol–water partition coefficient (Wildman–Crippen LogP) is 2.18. The first-order valence-electron chi connectivity index (χ1n) is 7.75. The van der Waals surface area contributed by atoms with E-state index in [1.54, 1.807) is 7.11 Å².